The van der Waals surface area contributed by atoms with Crippen LogP contribution in [0.25, 0.3) is 32.7 Å². The molecule has 0 atom stereocenters. The van der Waals surface area contributed by atoms with Crippen molar-refractivity contribution >= 4 is 21.5 Å². The summed E-state index contributed by atoms with van der Waals surface area (Å²) in [6, 6.07) is 40.1. The van der Waals surface area contributed by atoms with E-state index in [0.717, 1.165) is 94.3 Å². The normalized spacial score (nSPS) is 18.5. The van der Waals surface area contributed by atoms with Crippen molar-refractivity contribution in [1.29, 1.82) is 0 Å². The van der Waals surface area contributed by atoms with Gasteiger partial charge in [-0.2, -0.15) is 0 Å². The Bertz CT molecular complexity index is 2430. The molecule has 8 rings (SSSR count). The standard InChI is InChI=1S/C64H82O4/c1-5-9-13-17-47-20-25-50(26-21-47)52-29-35-56(36-30-52)67-44-16-12-11-15-19-49-24-40-59-54(45-49)33-42-61(65-7-3)63(59)64-60-41-39-58(46-55(60)34-43-62(64)66-8-4)68-57-37-31-53(32-38-57)51-27-22-48(23-28-51)18-14-10-6-2/h24,29-43,45-48,50-51H,5-23,25-28,44H2,1-4H3. The van der Waals surface area contributed by atoms with Gasteiger partial charge in [-0.05, 0) is 201 Å². The van der Waals surface area contributed by atoms with Gasteiger partial charge in [-0.25, -0.2) is 0 Å². The van der Waals surface area contributed by atoms with E-state index in [2.05, 4.69) is 137 Å². The van der Waals surface area contributed by atoms with Gasteiger partial charge in [0.2, 0.25) is 0 Å². The molecule has 0 spiro atoms. The molecule has 0 unspecified atom stereocenters. The number of hydrogen-bond acceptors (Lipinski definition) is 4. The van der Waals surface area contributed by atoms with E-state index in [0.29, 0.717) is 19.1 Å². The molecule has 2 saturated carbocycles. The minimum atomic E-state index is 0.578. The van der Waals surface area contributed by atoms with Crippen LogP contribution in [0.5, 0.6) is 28.7 Å². The molecule has 0 saturated heterocycles. The first kappa shape index (κ1) is 49.5. The summed E-state index contributed by atoms with van der Waals surface area (Å²) < 4.78 is 25.5. The van der Waals surface area contributed by atoms with E-state index in [1.54, 1.807) is 0 Å². The molecule has 0 amide bonds. The molecule has 0 bridgehead atoms. The molecule has 2 aliphatic rings. The lowest BCUT2D eigenvalue weighted by Crippen LogP contribution is -2.13. The Kier molecular flexibility index (Phi) is 18.6. The second kappa shape index (κ2) is 25.6. The molecule has 0 aromatic heterocycles. The Balaban J connectivity index is 0.866. The van der Waals surface area contributed by atoms with Crippen molar-refractivity contribution in [3.63, 3.8) is 0 Å². The number of benzene rings is 6. The molecule has 6 aromatic carbocycles. The monoisotopic (exact) mass is 915 g/mol. The lowest BCUT2D eigenvalue weighted by Gasteiger charge is -2.29. The second-order valence-corrected chi connectivity index (χ2v) is 20.4. The first-order valence-corrected chi connectivity index (χ1v) is 27.4. The Morgan fingerprint density at radius 2 is 0.912 bits per heavy atom. The summed E-state index contributed by atoms with van der Waals surface area (Å²) >= 11 is 0. The fourth-order valence-corrected chi connectivity index (χ4v) is 11.6. The fourth-order valence-electron chi connectivity index (χ4n) is 11.6. The average molecular weight is 915 g/mol. The number of rotatable bonds is 25. The predicted molar refractivity (Wildman–Crippen MR) is 288 cm³/mol. The van der Waals surface area contributed by atoms with Gasteiger partial charge in [0.05, 0.1) is 19.8 Å². The van der Waals surface area contributed by atoms with Crippen LogP contribution in [-0.2, 0) is 6.42 Å². The summed E-state index contributed by atoms with van der Waals surface area (Å²) in [5, 5.41) is 4.62. The smallest absolute Gasteiger partial charge is 0.128 e. The molecular weight excluding hydrogens is 833 g/mol. The molecule has 4 heteroatoms. The lowest BCUT2D eigenvalue weighted by atomic mass is 9.77. The lowest BCUT2D eigenvalue weighted by molar-refractivity contribution is 0.299. The van der Waals surface area contributed by atoms with E-state index in [1.165, 1.54) is 143 Å². The van der Waals surface area contributed by atoms with Crippen LogP contribution in [0.2, 0.25) is 0 Å². The maximum Gasteiger partial charge on any atom is 0.128 e. The molecule has 0 radical (unpaired) electrons. The van der Waals surface area contributed by atoms with E-state index in [1.807, 2.05) is 0 Å². The van der Waals surface area contributed by atoms with Crippen LogP contribution in [0.3, 0.4) is 0 Å². The van der Waals surface area contributed by atoms with Crippen molar-refractivity contribution in [3.8, 4) is 39.9 Å². The van der Waals surface area contributed by atoms with Crippen LogP contribution < -0.4 is 18.9 Å². The number of fused-ring (bicyclic) bond motifs is 2. The highest BCUT2D eigenvalue weighted by Crippen LogP contribution is 2.47. The quantitative estimate of drug-likeness (QED) is 0.0536. The summed E-state index contributed by atoms with van der Waals surface area (Å²) in [6.45, 7) is 10.7. The van der Waals surface area contributed by atoms with Gasteiger partial charge in [0.15, 0.2) is 0 Å². The van der Waals surface area contributed by atoms with Gasteiger partial charge in [-0.1, -0.05) is 133 Å². The average Bonchev–Trinajstić information content (AvgIpc) is 3.37. The van der Waals surface area contributed by atoms with Crippen molar-refractivity contribution in [2.24, 2.45) is 11.8 Å². The molecule has 68 heavy (non-hydrogen) atoms. The van der Waals surface area contributed by atoms with Crippen LogP contribution in [-0.4, -0.2) is 19.8 Å². The third kappa shape index (κ3) is 13.2. The zero-order valence-corrected chi connectivity index (χ0v) is 42.3. The van der Waals surface area contributed by atoms with Crippen molar-refractivity contribution in [2.45, 2.75) is 174 Å². The van der Waals surface area contributed by atoms with Gasteiger partial charge in [-0.15, -0.1) is 0 Å². The summed E-state index contributed by atoms with van der Waals surface area (Å²) in [4.78, 5) is 0. The maximum absolute atomic E-state index is 6.52. The largest absolute Gasteiger partial charge is 0.494 e. The van der Waals surface area contributed by atoms with Crippen LogP contribution >= 0.6 is 0 Å². The minimum absolute atomic E-state index is 0.578. The van der Waals surface area contributed by atoms with Crippen molar-refractivity contribution in [2.75, 3.05) is 19.8 Å². The number of aryl methyl sites for hydroxylation is 1. The molecule has 0 N–H and O–H groups in total. The van der Waals surface area contributed by atoms with Crippen LogP contribution in [0.1, 0.15) is 185 Å². The zero-order valence-electron chi connectivity index (χ0n) is 42.3. The molecular formula is C64H82O4. The Labute approximate surface area is 410 Å². The molecule has 0 aliphatic heterocycles. The van der Waals surface area contributed by atoms with Crippen molar-refractivity contribution in [3.05, 3.63) is 126 Å². The van der Waals surface area contributed by atoms with E-state index in [-0.39, 0.29) is 0 Å². The first-order valence-electron chi connectivity index (χ1n) is 27.4. The predicted octanol–water partition coefficient (Wildman–Crippen LogP) is 19.1. The van der Waals surface area contributed by atoms with Gasteiger partial charge in [0, 0.05) is 11.1 Å². The molecule has 2 aliphatic carbocycles. The van der Waals surface area contributed by atoms with Gasteiger partial charge in [-0.3, -0.25) is 0 Å². The number of unbranched alkanes of at least 4 members (excludes halogenated alkanes) is 7. The molecule has 362 valence electrons. The minimum Gasteiger partial charge on any atom is -0.494 e. The van der Waals surface area contributed by atoms with Crippen LogP contribution in [0.4, 0.5) is 0 Å². The summed E-state index contributed by atoms with van der Waals surface area (Å²) in [6.07, 6.45) is 27.6. The summed E-state index contributed by atoms with van der Waals surface area (Å²) in [5.74, 6) is 7.74. The van der Waals surface area contributed by atoms with Crippen LogP contribution in [0.15, 0.2) is 109 Å². The molecule has 4 nitrogen and oxygen atoms in total. The Morgan fingerprint density at radius 1 is 0.412 bits per heavy atom. The molecule has 6 aromatic rings. The maximum atomic E-state index is 6.52. The Morgan fingerprint density at radius 3 is 1.46 bits per heavy atom. The van der Waals surface area contributed by atoms with E-state index < -0.39 is 0 Å². The van der Waals surface area contributed by atoms with Gasteiger partial charge in [0.25, 0.3) is 0 Å². The highest BCUT2D eigenvalue weighted by Gasteiger charge is 2.24. The van der Waals surface area contributed by atoms with Gasteiger partial charge < -0.3 is 18.9 Å². The topological polar surface area (TPSA) is 36.9 Å². The zero-order chi connectivity index (χ0) is 46.9. The summed E-state index contributed by atoms with van der Waals surface area (Å²) in [5.41, 5.74) is 6.48. The summed E-state index contributed by atoms with van der Waals surface area (Å²) in [7, 11) is 0. The number of hydrogen-bond donors (Lipinski definition) is 0. The third-order valence-corrected chi connectivity index (χ3v) is 15.5. The van der Waals surface area contributed by atoms with E-state index in [4.69, 9.17) is 18.9 Å². The second-order valence-electron chi connectivity index (χ2n) is 20.4. The van der Waals surface area contributed by atoms with E-state index >= 15 is 0 Å². The third-order valence-electron chi connectivity index (χ3n) is 15.5. The van der Waals surface area contributed by atoms with Crippen molar-refractivity contribution in [1.82, 2.24) is 0 Å². The highest BCUT2D eigenvalue weighted by molar-refractivity contribution is 6.10. The molecule has 2 fully saturated rings. The fraction of sp³-hybridized carbons (Fsp3) is 0.500. The Hall–Kier alpha value is -4.96. The van der Waals surface area contributed by atoms with Crippen LogP contribution in [0, 0.1) is 11.8 Å². The van der Waals surface area contributed by atoms with Crippen molar-refractivity contribution < 1.29 is 18.9 Å². The molecule has 0 heterocycles. The SMILES string of the molecule is CCCCCC1CCC(c2ccc(OCCCCCCc3ccc4c(-c5c(OCC)ccc6cc(Oc7ccc(C8CCC(CCCCC)CC8)cc7)ccc56)c(OCC)ccc4c3)cc2)CC1. The van der Waals surface area contributed by atoms with Gasteiger partial charge in [0.1, 0.15) is 28.7 Å². The van der Waals surface area contributed by atoms with Gasteiger partial charge >= 0.3 is 0 Å². The number of ether oxygens (including phenoxy) is 4. The van der Waals surface area contributed by atoms with E-state index in [9.17, 15) is 0 Å². The highest BCUT2D eigenvalue weighted by atomic mass is 16.5. The first-order chi connectivity index (χ1) is 33.5.